The topological polar surface area (TPSA) is 0 Å². The average Bonchev–Trinajstić information content (AvgIpc) is 2.65. The summed E-state index contributed by atoms with van der Waals surface area (Å²) in [7, 11) is 0. The summed E-state index contributed by atoms with van der Waals surface area (Å²) < 4.78 is 0. The van der Waals surface area contributed by atoms with Crippen molar-refractivity contribution < 1.29 is 0 Å². The zero-order valence-electron chi connectivity index (χ0n) is 7.87. The minimum absolute atomic E-state index is 0.881. The molecule has 0 aliphatic heterocycles. The molecule has 1 saturated carbocycles. The van der Waals surface area contributed by atoms with Crippen LogP contribution in [0.15, 0.2) is 24.3 Å². The number of allylic oxidation sites excluding steroid dienone is 4. The Morgan fingerprint density at radius 1 is 1.33 bits per heavy atom. The van der Waals surface area contributed by atoms with Crippen LogP contribution < -0.4 is 0 Å². The molecule has 0 aromatic heterocycles. The van der Waals surface area contributed by atoms with E-state index in [1.807, 2.05) is 0 Å². The average molecular weight is 162 g/mol. The third-order valence-electron chi connectivity index (χ3n) is 3.17. The molecule has 0 saturated heterocycles. The second kappa shape index (κ2) is 3.47. The van der Waals surface area contributed by atoms with Crippen molar-refractivity contribution in [2.24, 2.45) is 17.8 Å². The highest BCUT2D eigenvalue weighted by Crippen LogP contribution is 2.43. The smallest absolute Gasteiger partial charge is 0.0165 e. The lowest BCUT2D eigenvalue weighted by Gasteiger charge is -2.12. The Hall–Kier alpha value is -0.520. The fourth-order valence-corrected chi connectivity index (χ4v) is 2.48. The molecule has 0 radical (unpaired) electrons. The van der Waals surface area contributed by atoms with Crippen LogP contribution in [0.25, 0.3) is 0 Å². The molecule has 0 amide bonds. The molecule has 66 valence electrons. The molecule has 2 bridgehead atoms. The molecule has 0 spiro atoms. The number of fused-ring (bicyclic) bond motifs is 2. The summed E-state index contributed by atoms with van der Waals surface area (Å²) in [6, 6.07) is 0. The Labute approximate surface area is 75.4 Å². The van der Waals surface area contributed by atoms with E-state index >= 15 is 0 Å². The number of unbranched alkanes of at least 4 members (excludes halogenated alkanes) is 1. The Kier molecular flexibility index (Phi) is 2.34. The van der Waals surface area contributed by atoms with Crippen LogP contribution in [-0.4, -0.2) is 0 Å². The summed E-state index contributed by atoms with van der Waals surface area (Å²) in [5.74, 6) is 2.70. The van der Waals surface area contributed by atoms with Crippen LogP contribution in [0, 0.1) is 17.8 Å². The predicted molar refractivity (Wildman–Crippen MR) is 52.9 cm³/mol. The molecule has 2 aliphatic rings. The van der Waals surface area contributed by atoms with E-state index in [9.17, 15) is 0 Å². The van der Waals surface area contributed by atoms with Crippen molar-refractivity contribution in [3.05, 3.63) is 24.3 Å². The van der Waals surface area contributed by atoms with Crippen LogP contribution in [0.1, 0.15) is 32.6 Å². The lowest BCUT2D eigenvalue weighted by Crippen LogP contribution is -2.02. The van der Waals surface area contributed by atoms with E-state index in [2.05, 4.69) is 31.2 Å². The van der Waals surface area contributed by atoms with Crippen LogP contribution in [-0.2, 0) is 0 Å². The molecular weight excluding hydrogens is 144 g/mol. The van der Waals surface area contributed by atoms with Gasteiger partial charge in [-0.3, -0.25) is 0 Å². The van der Waals surface area contributed by atoms with Gasteiger partial charge >= 0.3 is 0 Å². The van der Waals surface area contributed by atoms with Gasteiger partial charge in [0.2, 0.25) is 0 Å². The van der Waals surface area contributed by atoms with Crippen LogP contribution in [0.4, 0.5) is 0 Å². The minimum Gasteiger partial charge on any atom is -0.0882 e. The van der Waals surface area contributed by atoms with Gasteiger partial charge in [0.25, 0.3) is 0 Å². The molecule has 12 heavy (non-hydrogen) atoms. The molecule has 0 aromatic carbocycles. The third-order valence-corrected chi connectivity index (χ3v) is 3.17. The van der Waals surface area contributed by atoms with Gasteiger partial charge in [0, 0.05) is 0 Å². The molecule has 2 rings (SSSR count). The number of rotatable bonds is 3. The second-order valence-electron chi connectivity index (χ2n) is 4.16. The van der Waals surface area contributed by atoms with Crippen molar-refractivity contribution in [3.63, 3.8) is 0 Å². The van der Waals surface area contributed by atoms with E-state index in [1.54, 1.807) is 0 Å². The molecule has 0 aromatic rings. The second-order valence-corrected chi connectivity index (χ2v) is 4.16. The van der Waals surface area contributed by atoms with Gasteiger partial charge in [-0.15, -0.1) is 0 Å². The van der Waals surface area contributed by atoms with Crippen LogP contribution in [0.3, 0.4) is 0 Å². The summed E-state index contributed by atoms with van der Waals surface area (Å²) in [5.41, 5.74) is 0. The lowest BCUT2D eigenvalue weighted by molar-refractivity contribution is 0.548. The third kappa shape index (κ3) is 1.48. The zero-order valence-corrected chi connectivity index (χ0v) is 7.87. The highest BCUT2D eigenvalue weighted by molar-refractivity contribution is 5.14. The van der Waals surface area contributed by atoms with Crippen molar-refractivity contribution in [2.75, 3.05) is 0 Å². The Balaban J connectivity index is 1.87. The van der Waals surface area contributed by atoms with E-state index < -0.39 is 0 Å². The monoisotopic (exact) mass is 162 g/mol. The highest BCUT2D eigenvalue weighted by Gasteiger charge is 2.33. The maximum absolute atomic E-state index is 2.46. The molecule has 1 fully saturated rings. The molecule has 0 heteroatoms. The molecule has 2 aliphatic carbocycles. The maximum Gasteiger partial charge on any atom is -0.0165 e. The van der Waals surface area contributed by atoms with Gasteiger partial charge in [0.1, 0.15) is 0 Å². The van der Waals surface area contributed by atoms with Crippen molar-refractivity contribution in [2.45, 2.75) is 32.6 Å². The van der Waals surface area contributed by atoms with Crippen molar-refractivity contribution >= 4 is 0 Å². The SMILES string of the molecule is CCCC=CC1CC2C=CC1C2. The standard InChI is InChI=1S/C12H18/c1-2-3-4-5-11-8-10-6-7-12(11)9-10/h4-7,10-12H,2-3,8-9H2,1H3. The lowest BCUT2D eigenvalue weighted by atomic mass is 9.93. The predicted octanol–water partition coefficient (Wildman–Crippen LogP) is 3.55. The Morgan fingerprint density at radius 3 is 2.83 bits per heavy atom. The fourth-order valence-electron chi connectivity index (χ4n) is 2.48. The molecule has 3 atom stereocenters. The van der Waals surface area contributed by atoms with E-state index in [0.29, 0.717) is 0 Å². The van der Waals surface area contributed by atoms with Crippen LogP contribution in [0.5, 0.6) is 0 Å². The van der Waals surface area contributed by atoms with Gasteiger partial charge in [-0.25, -0.2) is 0 Å². The normalized spacial score (nSPS) is 38.6. The summed E-state index contributed by atoms with van der Waals surface area (Å²) in [6.45, 7) is 2.24. The summed E-state index contributed by atoms with van der Waals surface area (Å²) in [6.07, 6.45) is 15.1. The first-order valence-electron chi connectivity index (χ1n) is 5.25. The Morgan fingerprint density at radius 2 is 2.25 bits per heavy atom. The van der Waals surface area contributed by atoms with Crippen LogP contribution >= 0.6 is 0 Å². The van der Waals surface area contributed by atoms with E-state index in [-0.39, 0.29) is 0 Å². The largest absolute Gasteiger partial charge is 0.0882 e. The molecular formula is C12H18. The highest BCUT2D eigenvalue weighted by atomic mass is 14.4. The number of hydrogen-bond donors (Lipinski definition) is 0. The fraction of sp³-hybridized carbons (Fsp3) is 0.667. The van der Waals surface area contributed by atoms with Gasteiger partial charge in [-0.1, -0.05) is 37.6 Å². The van der Waals surface area contributed by atoms with E-state index in [0.717, 1.165) is 17.8 Å². The maximum atomic E-state index is 2.46. The van der Waals surface area contributed by atoms with Gasteiger partial charge in [-0.05, 0) is 37.0 Å². The zero-order chi connectivity index (χ0) is 8.39. The first kappa shape index (κ1) is 8.10. The summed E-state index contributed by atoms with van der Waals surface area (Å²) in [5, 5.41) is 0. The van der Waals surface area contributed by atoms with Crippen molar-refractivity contribution in [1.82, 2.24) is 0 Å². The van der Waals surface area contributed by atoms with E-state index in [1.165, 1.54) is 25.7 Å². The first-order valence-corrected chi connectivity index (χ1v) is 5.25. The summed E-state index contributed by atoms with van der Waals surface area (Å²) >= 11 is 0. The molecule has 3 unspecified atom stereocenters. The van der Waals surface area contributed by atoms with Gasteiger partial charge in [0.15, 0.2) is 0 Å². The first-order chi connectivity index (χ1) is 5.90. The Bertz CT molecular complexity index is 200. The number of hydrogen-bond acceptors (Lipinski definition) is 0. The minimum atomic E-state index is 0.881. The molecule has 0 N–H and O–H groups in total. The quantitative estimate of drug-likeness (QED) is 0.557. The molecule has 0 heterocycles. The molecule has 0 nitrogen and oxygen atoms in total. The van der Waals surface area contributed by atoms with Gasteiger partial charge in [0.05, 0.1) is 0 Å². The van der Waals surface area contributed by atoms with E-state index in [4.69, 9.17) is 0 Å². The van der Waals surface area contributed by atoms with Crippen LogP contribution in [0.2, 0.25) is 0 Å². The van der Waals surface area contributed by atoms with Gasteiger partial charge in [-0.2, -0.15) is 0 Å². The van der Waals surface area contributed by atoms with Gasteiger partial charge < -0.3 is 0 Å². The summed E-state index contributed by atoms with van der Waals surface area (Å²) in [4.78, 5) is 0. The van der Waals surface area contributed by atoms with Crippen molar-refractivity contribution in [1.29, 1.82) is 0 Å². The van der Waals surface area contributed by atoms with Crippen molar-refractivity contribution in [3.8, 4) is 0 Å².